The van der Waals surface area contributed by atoms with Crippen molar-refractivity contribution in [1.29, 1.82) is 0 Å². The highest BCUT2D eigenvalue weighted by molar-refractivity contribution is 7.17. The molecule has 1 aliphatic carbocycles. The fourth-order valence-electron chi connectivity index (χ4n) is 4.74. The van der Waals surface area contributed by atoms with Crippen LogP contribution in [0.5, 0.6) is 0 Å². The molecule has 2 heterocycles. The van der Waals surface area contributed by atoms with Gasteiger partial charge in [-0.15, -0.1) is 11.3 Å². The third-order valence-corrected chi connectivity index (χ3v) is 7.56. The van der Waals surface area contributed by atoms with E-state index in [1.807, 2.05) is 30.3 Å². The minimum Gasteiger partial charge on any atom is -0.462 e. The molecule has 0 radical (unpaired) electrons. The Bertz CT molecular complexity index is 1300. The van der Waals surface area contributed by atoms with Gasteiger partial charge >= 0.3 is 5.97 Å². The second-order valence-corrected chi connectivity index (χ2v) is 9.61. The third kappa shape index (κ3) is 4.14. The number of amides is 3. The monoisotopic (exact) mass is 488 g/mol. The van der Waals surface area contributed by atoms with Gasteiger partial charge in [0.15, 0.2) is 0 Å². The van der Waals surface area contributed by atoms with Crippen molar-refractivity contribution in [2.24, 2.45) is 0 Å². The fraction of sp³-hybridized carbons (Fsp3) is 0.259. The molecule has 8 heteroatoms. The van der Waals surface area contributed by atoms with Crippen molar-refractivity contribution in [3.05, 3.63) is 87.3 Å². The molecule has 2 aromatic carbocycles. The predicted octanol–water partition coefficient (Wildman–Crippen LogP) is 4.26. The van der Waals surface area contributed by atoms with Gasteiger partial charge in [-0.3, -0.25) is 19.3 Å². The maximum atomic E-state index is 13.7. The molecule has 1 N–H and O–H groups in total. The quantitative estimate of drug-likeness (QED) is 0.396. The van der Waals surface area contributed by atoms with Crippen LogP contribution < -0.4 is 5.32 Å². The lowest BCUT2D eigenvalue weighted by Crippen LogP contribution is -2.48. The summed E-state index contributed by atoms with van der Waals surface area (Å²) in [5.74, 6) is -1.99. The molecule has 3 aromatic rings. The summed E-state index contributed by atoms with van der Waals surface area (Å²) < 4.78 is 5.26. The summed E-state index contributed by atoms with van der Waals surface area (Å²) in [5.41, 5.74) is 2.68. The highest BCUT2D eigenvalue weighted by Gasteiger charge is 2.43. The van der Waals surface area contributed by atoms with E-state index in [1.54, 1.807) is 31.2 Å². The van der Waals surface area contributed by atoms with E-state index in [0.717, 1.165) is 40.2 Å². The SMILES string of the molecule is CCOC(=O)c1c(NC(=O)C(Cc2ccccc2)N2C(=O)c3ccccc3C2=O)sc2c1CCC2. The van der Waals surface area contributed by atoms with Crippen molar-refractivity contribution in [2.45, 2.75) is 38.6 Å². The minimum atomic E-state index is -1.09. The summed E-state index contributed by atoms with van der Waals surface area (Å²) in [4.78, 5) is 55.0. The number of hydrogen-bond acceptors (Lipinski definition) is 6. The van der Waals surface area contributed by atoms with Crippen LogP contribution in [0.4, 0.5) is 5.00 Å². The molecular weight excluding hydrogens is 464 g/mol. The number of nitrogens with zero attached hydrogens (tertiary/aromatic N) is 1. The second kappa shape index (κ2) is 9.46. The first kappa shape index (κ1) is 23.0. The van der Waals surface area contributed by atoms with Gasteiger partial charge in [0.1, 0.15) is 11.0 Å². The Morgan fingerprint density at radius 3 is 2.31 bits per heavy atom. The van der Waals surface area contributed by atoms with Crippen molar-refractivity contribution in [2.75, 3.05) is 11.9 Å². The molecule has 5 rings (SSSR count). The summed E-state index contributed by atoms with van der Waals surface area (Å²) in [6.45, 7) is 1.96. The van der Waals surface area contributed by atoms with Gasteiger partial charge in [-0.1, -0.05) is 42.5 Å². The molecule has 178 valence electrons. The van der Waals surface area contributed by atoms with Crippen LogP contribution >= 0.6 is 11.3 Å². The van der Waals surface area contributed by atoms with Gasteiger partial charge in [0.2, 0.25) is 5.91 Å². The van der Waals surface area contributed by atoms with Crippen molar-refractivity contribution in [3.8, 4) is 0 Å². The fourth-order valence-corrected chi connectivity index (χ4v) is 6.02. The first-order valence-corrected chi connectivity index (χ1v) is 12.4. The van der Waals surface area contributed by atoms with Gasteiger partial charge in [-0.25, -0.2) is 4.79 Å². The number of ether oxygens (including phenoxy) is 1. The molecule has 0 bridgehead atoms. The van der Waals surface area contributed by atoms with Gasteiger partial charge in [-0.05, 0) is 49.4 Å². The van der Waals surface area contributed by atoms with E-state index in [2.05, 4.69) is 5.32 Å². The van der Waals surface area contributed by atoms with Crippen LogP contribution in [-0.4, -0.2) is 41.2 Å². The summed E-state index contributed by atoms with van der Waals surface area (Å²) >= 11 is 1.37. The molecule has 1 aromatic heterocycles. The predicted molar refractivity (Wildman–Crippen MR) is 132 cm³/mol. The number of esters is 1. The van der Waals surface area contributed by atoms with Crippen LogP contribution in [0.25, 0.3) is 0 Å². The van der Waals surface area contributed by atoms with Gasteiger partial charge < -0.3 is 10.1 Å². The number of carbonyl (C=O) groups excluding carboxylic acids is 4. The van der Waals surface area contributed by atoms with Gasteiger partial charge in [0, 0.05) is 11.3 Å². The maximum Gasteiger partial charge on any atom is 0.341 e. The normalized spacial score (nSPS) is 15.1. The Morgan fingerprint density at radius 2 is 1.66 bits per heavy atom. The highest BCUT2D eigenvalue weighted by Crippen LogP contribution is 2.40. The summed E-state index contributed by atoms with van der Waals surface area (Å²) in [6, 6.07) is 14.7. The van der Waals surface area contributed by atoms with Crippen molar-refractivity contribution >= 4 is 40.0 Å². The number of fused-ring (bicyclic) bond motifs is 2. The van der Waals surface area contributed by atoms with E-state index in [-0.39, 0.29) is 24.2 Å². The second-order valence-electron chi connectivity index (χ2n) is 8.50. The zero-order chi connectivity index (χ0) is 24.5. The zero-order valence-corrected chi connectivity index (χ0v) is 20.0. The lowest BCUT2D eigenvalue weighted by atomic mass is 10.0. The first-order chi connectivity index (χ1) is 17.0. The Labute approximate surface area is 206 Å². The molecule has 0 saturated heterocycles. The Balaban J connectivity index is 1.50. The summed E-state index contributed by atoms with van der Waals surface area (Å²) in [7, 11) is 0. The van der Waals surface area contributed by atoms with E-state index >= 15 is 0 Å². The van der Waals surface area contributed by atoms with Crippen molar-refractivity contribution in [1.82, 2.24) is 4.90 Å². The standard InChI is InChI=1S/C27H24N2O5S/c1-2-34-27(33)22-19-13-8-14-21(19)35-24(22)28-23(30)20(15-16-9-4-3-5-10-16)29-25(31)17-11-6-7-12-18(17)26(29)32/h3-7,9-12,20H,2,8,13-15H2,1H3,(H,28,30). The topological polar surface area (TPSA) is 92.8 Å². The molecule has 0 spiro atoms. The molecule has 1 unspecified atom stereocenters. The van der Waals surface area contributed by atoms with Crippen molar-refractivity contribution in [3.63, 3.8) is 0 Å². The number of benzene rings is 2. The Hall–Kier alpha value is -3.78. The number of anilines is 1. The molecule has 1 aliphatic heterocycles. The van der Waals surface area contributed by atoms with Crippen LogP contribution in [0.15, 0.2) is 54.6 Å². The average Bonchev–Trinajstić information content (AvgIpc) is 3.51. The largest absolute Gasteiger partial charge is 0.462 e. The van der Waals surface area contributed by atoms with Crippen LogP contribution in [-0.2, 0) is 28.8 Å². The lowest BCUT2D eigenvalue weighted by Gasteiger charge is -2.25. The van der Waals surface area contributed by atoms with Crippen LogP contribution in [0.2, 0.25) is 0 Å². The van der Waals surface area contributed by atoms with Crippen LogP contribution in [0.3, 0.4) is 0 Å². The molecule has 2 aliphatic rings. The maximum absolute atomic E-state index is 13.7. The number of carbonyl (C=O) groups is 4. The van der Waals surface area contributed by atoms with Gasteiger partial charge in [0.05, 0.1) is 23.3 Å². The minimum absolute atomic E-state index is 0.151. The van der Waals surface area contributed by atoms with Crippen LogP contribution in [0, 0.1) is 0 Å². The number of aryl methyl sites for hydroxylation is 1. The number of rotatable bonds is 7. The molecule has 0 saturated carbocycles. The molecular formula is C27H24N2O5S. The molecule has 35 heavy (non-hydrogen) atoms. The Kier molecular flexibility index (Phi) is 6.21. The van der Waals surface area contributed by atoms with E-state index in [0.29, 0.717) is 10.6 Å². The van der Waals surface area contributed by atoms with Gasteiger partial charge in [0.25, 0.3) is 11.8 Å². The van der Waals surface area contributed by atoms with Crippen LogP contribution in [0.1, 0.15) is 60.4 Å². The Morgan fingerprint density at radius 1 is 1.00 bits per heavy atom. The summed E-state index contributed by atoms with van der Waals surface area (Å²) in [5, 5.41) is 3.29. The lowest BCUT2D eigenvalue weighted by molar-refractivity contribution is -0.119. The molecule has 1 atom stereocenters. The van der Waals surface area contributed by atoms with E-state index in [4.69, 9.17) is 4.74 Å². The third-order valence-electron chi connectivity index (χ3n) is 6.35. The van der Waals surface area contributed by atoms with E-state index in [1.165, 1.54) is 11.3 Å². The van der Waals surface area contributed by atoms with E-state index in [9.17, 15) is 19.2 Å². The molecule has 3 amide bonds. The number of thiophene rings is 1. The molecule has 0 fully saturated rings. The number of imide groups is 1. The number of hydrogen-bond donors (Lipinski definition) is 1. The zero-order valence-electron chi connectivity index (χ0n) is 19.2. The smallest absolute Gasteiger partial charge is 0.341 e. The average molecular weight is 489 g/mol. The summed E-state index contributed by atoms with van der Waals surface area (Å²) in [6.07, 6.45) is 2.70. The first-order valence-electron chi connectivity index (χ1n) is 11.6. The van der Waals surface area contributed by atoms with E-state index < -0.39 is 29.7 Å². The van der Waals surface area contributed by atoms with Gasteiger partial charge in [-0.2, -0.15) is 0 Å². The number of nitrogens with one attached hydrogen (secondary N) is 1. The van der Waals surface area contributed by atoms with Crippen molar-refractivity contribution < 1.29 is 23.9 Å². The highest BCUT2D eigenvalue weighted by atomic mass is 32.1. The molecule has 7 nitrogen and oxygen atoms in total.